The van der Waals surface area contributed by atoms with Crippen LogP contribution < -0.4 is 10.6 Å². The SMILES string of the molecule is Cc1cccc(N2CCN(C(=O)[C@H]3C[C@@H](N)[C@H](O)C3)CC2)n1.Cl.Cl. The predicted molar refractivity (Wildman–Crippen MR) is 99.0 cm³/mol. The van der Waals surface area contributed by atoms with Crippen LogP contribution in [0, 0.1) is 12.8 Å². The number of nitrogens with zero attached hydrogens (tertiary/aromatic N) is 3. The van der Waals surface area contributed by atoms with E-state index in [2.05, 4.69) is 9.88 Å². The lowest BCUT2D eigenvalue weighted by Gasteiger charge is -2.36. The van der Waals surface area contributed by atoms with Crippen molar-refractivity contribution in [3.63, 3.8) is 0 Å². The van der Waals surface area contributed by atoms with Gasteiger partial charge in [-0.1, -0.05) is 6.07 Å². The van der Waals surface area contributed by atoms with Gasteiger partial charge in [0.1, 0.15) is 5.82 Å². The van der Waals surface area contributed by atoms with E-state index in [0.29, 0.717) is 25.9 Å². The van der Waals surface area contributed by atoms with Gasteiger partial charge in [-0.05, 0) is 31.9 Å². The van der Waals surface area contributed by atoms with Crippen LogP contribution in [0.2, 0.25) is 0 Å². The number of halogens is 2. The summed E-state index contributed by atoms with van der Waals surface area (Å²) in [6.07, 6.45) is 0.561. The fourth-order valence-corrected chi connectivity index (χ4v) is 3.37. The zero-order chi connectivity index (χ0) is 15.7. The van der Waals surface area contributed by atoms with Crippen molar-refractivity contribution in [3.05, 3.63) is 23.9 Å². The smallest absolute Gasteiger partial charge is 0.225 e. The topological polar surface area (TPSA) is 82.7 Å². The number of piperazine rings is 1. The van der Waals surface area contributed by atoms with Crippen molar-refractivity contribution in [3.8, 4) is 0 Å². The van der Waals surface area contributed by atoms with Crippen LogP contribution in [0.4, 0.5) is 5.82 Å². The molecule has 1 aromatic heterocycles. The maximum atomic E-state index is 12.5. The molecule has 1 aliphatic carbocycles. The maximum absolute atomic E-state index is 12.5. The number of hydrogen-bond acceptors (Lipinski definition) is 5. The van der Waals surface area contributed by atoms with Crippen molar-refractivity contribution in [2.75, 3.05) is 31.1 Å². The fraction of sp³-hybridized carbons (Fsp3) is 0.625. The molecule has 1 aromatic rings. The van der Waals surface area contributed by atoms with Crippen LogP contribution in [0.1, 0.15) is 18.5 Å². The lowest BCUT2D eigenvalue weighted by atomic mass is 10.1. The summed E-state index contributed by atoms with van der Waals surface area (Å²) in [5.41, 5.74) is 6.82. The van der Waals surface area contributed by atoms with Crippen molar-refractivity contribution in [2.24, 2.45) is 11.7 Å². The maximum Gasteiger partial charge on any atom is 0.225 e. The summed E-state index contributed by atoms with van der Waals surface area (Å²) >= 11 is 0. The summed E-state index contributed by atoms with van der Waals surface area (Å²) in [4.78, 5) is 21.2. The van der Waals surface area contributed by atoms with Crippen molar-refractivity contribution in [1.29, 1.82) is 0 Å². The summed E-state index contributed by atoms with van der Waals surface area (Å²) in [7, 11) is 0. The molecule has 0 bridgehead atoms. The fourth-order valence-electron chi connectivity index (χ4n) is 3.37. The Labute approximate surface area is 155 Å². The average Bonchev–Trinajstić information content (AvgIpc) is 2.86. The second-order valence-electron chi connectivity index (χ2n) is 6.35. The molecule has 3 N–H and O–H groups in total. The lowest BCUT2D eigenvalue weighted by molar-refractivity contribution is -0.135. The van der Waals surface area contributed by atoms with Gasteiger partial charge in [-0.15, -0.1) is 24.8 Å². The Hall–Kier alpha value is -1.08. The van der Waals surface area contributed by atoms with Gasteiger partial charge in [0.15, 0.2) is 0 Å². The highest BCUT2D eigenvalue weighted by atomic mass is 35.5. The number of amides is 1. The lowest BCUT2D eigenvalue weighted by Crippen LogP contribution is -2.50. The van der Waals surface area contributed by atoms with Gasteiger partial charge in [-0.3, -0.25) is 4.79 Å². The van der Waals surface area contributed by atoms with Crippen LogP contribution in [0.5, 0.6) is 0 Å². The molecule has 1 aliphatic heterocycles. The molecule has 6 nitrogen and oxygen atoms in total. The Morgan fingerprint density at radius 3 is 2.42 bits per heavy atom. The van der Waals surface area contributed by atoms with E-state index < -0.39 is 6.10 Å². The molecule has 24 heavy (non-hydrogen) atoms. The standard InChI is InChI=1S/C16H24N4O2.2ClH/c1-11-3-2-4-15(18-11)19-5-7-20(8-6-19)16(22)12-9-13(17)14(21)10-12;;/h2-4,12-14,21H,5-10,17H2,1H3;2*1H/t12-,13+,14+;;/m0../s1. The van der Waals surface area contributed by atoms with E-state index in [0.717, 1.165) is 24.6 Å². The van der Waals surface area contributed by atoms with Gasteiger partial charge in [0.25, 0.3) is 0 Å². The molecule has 1 amide bonds. The second-order valence-corrected chi connectivity index (χ2v) is 6.35. The van der Waals surface area contributed by atoms with Crippen molar-refractivity contribution >= 4 is 36.5 Å². The number of aliphatic hydroxyl groups excluding tert-OH is 1. The molecule has 3 rings (SSSR count). The van der Waals surface area contributed by atoms with E-state index in [1.807, 2.05) is 30.0 Å². The number of aliphatic hydroxyl groups is 1. The minimum Gasteiger partial charge on any atom is -0.391 e. The molecule has 0 aromatic carbocycles. The van der Waals surface area contributed by atoms with Gasteiger partial charge < -0.3 is 20.6 Å². The Morgan fingerprint density at radius 2 is 1.88 bits per heavy atom. The third kappa shape index (κ3) is 4.51. The zero-order valence-corrected chi connectivity index (χ0v) is 15.4. The van der Waals surface area contributed by atoms with Crippen molar-refractivity contribution in [1.82, 2.24) is 9.88 Å². The summed E-state index contributed by atoms with van der Waals surface area (Å²) in [6.45, 7) is 4.98. The van der Waals surface area contributed by atoms with Crippen LogP contribution in [-0.2, 0) is 4.79 Å². The number of hydrogen-bond donors (Lipinski definition) is 2. The summed E-state index contributed by atoms with van der Waals surface area (Å²) in [5, 5.41) is 9.72. The highest BCUT2D eigenvalue weighted by molar-refractivity contribution is 5.85. The van der Waals surface area contributed by atoms with E-state index in [1.54, 1.807) is 0 Å². The highest BCUT2D eigenvalue weighted by Gasteiger charge is 2.37. The summed E-state index contributed by atoms with van der Waals surface area (Å²) in [5.74, 6) is 1.00. The normalized spacial score (nSPS) is 26.5. The molecular formula is C16H26Cl2N4O2. The van der Waals surface area contributed by atoms with Gasteiger partial charge in [-0.2, -0.15) is 0 Å². The monoisotopic (exact) mass is 376 g/mol. The number of carbonyl (C=O) groups excluding carboxylic acids is 1. The first kappa shape index (κ1) is 21.0. The van der Waals surface area contributed by atoms with Gasteiger partial charge in [0, 0.05) is 43.8 Å². The van der Waals surface area contributed by atoms with E-state index in [9.17, 15) is 9.90 Å². The van der Waals surface area contributed by atoms with Gasteiger partial charge in [0.2, 0.25) is 5.91 Å². The predicted octanol–water partition coefficient (Wildman–Crippen LogP) is 0.980. The highest BCUT2D eigenvalue weighted by Crippen LogP contribution is 2.27. The molecule has 2 aliphatic rings. The van der Waals surface area contributed by atoms with E-state index in [-0.39, 0.29) is 42.7 Å². The minimum absolute atomic E-state index is 0. The Bertz CT molecular complexity index is 543. The molecule has 2 heterocycles. The number of carbonyl (C=O) groups is 1. The number of nitrogens with two attached hydrogens (primary N) is 1. The molecular weight excluding hydrogens is 351 g/mol. The molecule has 0 radical (unpaired) electrons. The molecule has 136 valence electrons. The van der Waals surface area contributed by atoms with E-state index >= 15 is 0 Å². The largest absolute Gasteiger partial charge is 0.391 e. The number of rotatable bonds is 2. The van der Waals surface area contributed by atoms with Crippen LogP contribution in [0.3, 0.4) is 0 Å². The molecule has 1 saturated carbocycles. The minimum atomic E-state index is -0.535. The Balaban J connectivity index is 0.00000144. The van der Waals surface area contributed by atoms with Gasteiger partial charge in [0.05, 0.1) is 6.10 Å². The van der Waals surface area contributed by atoms with Crippen LogP contribution in [0.15, 0.2) is 18.2 Å². The molecule has 3 atom stereocenters. The molecule has 0 unspecified atom stereocenters. The van der Waals surface area contributed by atoms with E-state index in [1.165, 1.54) is 0 Å². The quantitative estimate of drug-likeness (QED) is 0.803. The van der Waals surface area contributed by atoms with Crippen LogP contribution >= 0.6 is 24.8 Å². The number of aryl methyl sites for hydroxylation is 1. The van der Waals surface area contributed by atoms with Gasteiger partial charge in [-0.25, -0.2) is 4.98 Å². The third-order valence-corrected chi connectivity index (χ3v) is 4.72. The molecule has 0 spiro atoms. The Kier molecular flexibility index (Phi) is 7.73. The number of anilines is 1. The second kappa shape index (κ2) is 8.85. The summed E-state index contributed by atoms with van der Waals surface area (Å²) in [6, 6.07) is 5.75. The molecule has 2 fully saturated rings. The Morgan fingerprint density at radius 1 is 1.21 bits per heavy atom. The molecule has 1 saturated heterocycles. The molecule has 8 heteroatoms. The van der Waals surface area contributed by atoms with Crippen molar-refractivity contribution in [2.45, 2.75) is 31.9 Å². The first-order valence-corrected chi connectivity index (χ1v) is 7.95. The third-order valence-electron chi connectivity index (χ3n) is 4.72. The van der Waals surface area contributed by atoms with E-state index in [4.69, 9.17) is 5.73 Å². The first-order chi connectivity index (χ1) is 10.5. The zero-order valence-electron chi connectivity index (χ0n) is 13.8. The number of pyridine rings is 1. The van der Waals surface area contributed by atoms with Crippen LogP contribution in [-0.4, -0.2) is 59.2 Å². The first-order valence-electron chi connectivity index (χ1n) is 7.95. The average molecular weight is 377 g/mol. The van der Waals surface area contributed by atoms with Crippen LogP contribution in [0.25, 0.3) is 0 Å². The summed E-state index contributed by atoms with van der Waals surface area (Å²) < 4.78 is 0. The number of aromatic nitrogens is 1. The van der Waals surface area contributed by atoms with Crippen molar-refractivity contribution < 1.29 is 9.90 Å². The van der Waals surface area contributed by atoms with Gasteiger partial charge >= 0.3 is 0 Å².